The summed E-state index contributed by atoms with van der Waals surface area (Å²) in [7, 11) is 0. The van der Waals surface area contributed by atoms with Gasteiger partial charge in [0, 0.05) is 13.3 Å². The molecule has 1 N–H and O–H groups in total. The standard InChI is InChI=1S/C15H21NO3/c1-3-4-10-19-15(18)14(16-12(2)17)11-13-8-6-5-7-9-13/h5-9,14H,3-4,10-11H2,1-2H3,(H,16,17)/t14-/m0/s1. The van der Waals surface area contributed by atoms with Gasteiger partial charge in [0.05, 0.1) is 6.61 Å². The molecule has 0 aliphatic heterocycles. The van der Waals surface area contributed by atoms with E-state index in [4.69, 9.17) is 4.74 Å². The molecule has 0 heterocycles. The van der Waals surface area contributed by atoms with E-state index in [0.29, 0.717) is 13.0 Å². The molecule has 1 aromatic carbocycles. The van der Waals surface area contributed by atoms with Crippen LogP contribution in [-0.2, 0) is 20.7 Å². The molecule has 0 aliphatic rings. The summed E-state index contributed by atoms with van der Waals surface area (Å²) in [4.78, 5) is 23.1. The number of nitrogens with one attached hydrogen (secondary N) is 1. The summed E-state index contributed by atoms with van der Waals surface area (Å²) in [5.41, 5.74) is 0.994. The lowest BCUT2D eigenvalue weighted by atomic mass is 10.1. The Kier molecular flexibility index (Phi) is 6.64. The number of hydrogen-bond donors (Lipinski definition) is 1. The molecule has 1 rings (SSSR count). The van der Waals surface area contributed by atoms with Gasteiger partial charge >= 0.3 is 5.97 Å². The van der Waals surface area contributed by atoms with Crippen LogP contribution in [0, 0.1) is 0 Å². The molecule has 0 saturated heterocycles. The fourth-order valence-corrected chi connectivity index (χ4v) is 1.71. The zero-order valence-electron chi connectivity index (χ0n) is 11.5. The molecular formula is C15H21NO3. The van der Waals surface area contributed by atoms with Gasteiger partial charge in [0.15, 0.2) is 0 Å². The fraction of sp³-hybridized carbons (Fsp3) is 0.467. The monoisotopic (exact) mass is 263 g/mol. The van der Waals surface area contributed by atoms with E-state index in [1.54, 1.807) is 0 Å². The van der Waals surface area contributed by atoms with Crippen LogP contribution in [0.25, 0.3) is 0 Å². The highest BCUT2D eigenvalue weighted by Gasteiger charge is 2.21. The van der Waals surface area contributed by atoms with Gasteiger partial charge in [-0.05, 0) is 12.0 Å². The Bertz CT molecular complexity index is 403. The van der Waals surface area contributed by atoms with Crippen molar-refractivity contribution in [3.8, 4) is 0 Å². The highest BCUT2D eigenvalue weighted by Crippen LogP contribution is 2.05. The first kappa shape index (κ1) is 15.2. The molecule has 1 amide bonds. The van der Waals surface area contributed by atoms with Crippen LogP contribution in [0.3, 0.4) is 0 Å². The number of rotatable bonds is 7. The summed E-state index contributed by atoms with van der Waals surface area (Å²) >= 11 is 0. The average molecular weight is 263 g/mol. The average Bonchev–Trinajstić information content (AvgIpc) is 2.39. The number of esters is 1. The van der Waals surface area contributed by atoms with Gasteiger partial charge in [-0.3, -0.25) is 4.79 Å². The predicted octanol–water partition coefficient (Wildman–Crippen LogP) is 2.08. The minimum Gasteiger partial charge on any atom is -0.464 e. The van der Waals surface area contributed by atoms with Crippen LogP contribution >= 0.6 is 0 Å². The molecule has 0 unspecified atom stereocenters. The van der Waals surface area contributed by atoms with Crippen molar-refractivity contribution in [2.75, 3.05) is 6.61 Å². The Labute approximate surface area is 114 Å². The molecule has 0 spiro atoms. The molecule has 4 nitrogen and oxygen atoms in total. The van der Waals surface area contributed by atoms with Crippen LogP contribution in [0.5, 0.6) is 0 Å². The van der Waals surface area contributed by atoms with Gasteiger partial charge in [-0.25, -0.2) is 4.79 Å². The lowest BCUT2D eigenvalue weighted by molar-refractivity contribution is -0.147. The van der Waals surface area contributed by atoms with Crippen LogP contribution in [0.1, 0.15) is 32.3 Å². The van der Waals surface area contributed by atoms with Crippen molar-refractivity contribution in [1.29, 1.82) is 0 Å². The molecule has 0 aliphatic carbocycles. The smallest absolute Gasteiger partial charge is 0.328 e. The lowest BCUT2D eigenvalue weighted by Gasteiger charge is -2.16. The van der Waals surface area contributed by atoms with Crippen molar-refractivity contribution in [2.45, 2.75) is 39.2 Å². The van der Waals surface area contributed by atoms with E-state index in [9.17, 15) is 9.59 Å². The predicted molar refractivity (Wildman–Crippen MR) is 73.6 cm³/mol. The van der Waals surface area contributed by atoms with Crippen LogP contribution in [0.2, 0.25) is 0 Å². The molecule has 0 saturated carbocycles. The summed E-state index contributed by atoms with van der Waals surface area (Å²) in [5.74, 6) is -0.596. The van der Waals surface area contributed by atoms with Crippen molar-refractivity contribution in [3.05, 3.63) is 35.9 Å². The molecule has 1 atom stereocenters. The van der Waals surface area contributed by atoms with E-state index >= 15 is 0 Å². The van der Waals surface area contributed by atoms with E-state index in [0.717, 1.165) is 18.4 Å². The number of benzene rings is 1. The molecule has 0 fully saturated rings. The number of carbonyl (C=O) groups is 2. The summed E-state index contributed by atoms with van der Waals surface area (Å²) < 4.78 is 5.16. The van der Waals surface area contributed by atoms with Gasteiger partial charge in [0.25, 0.3) is 0 Å². The zero-order chi connectivity index (χ0) is 14.1. The molecule has 0 radical (unpaired) electrons. The number of ether oxygens (including phenoxy) is 1. The van der Waals surface area contributed by atoms with Crippen LogP contribution < -0.4 is 5.32 Å². The molecule has 0 bridgehead atoms. The SMILES string of the molecule is CCCCOC(=O)[C@H](Cc1ccccc1)NC(C)=O. The summed E-state index contributed by atoms with van der Waals surface area (Å²) in [6.07, 6.45) is 2.26. The van der Waals surface area contributed by atoms with Crippen molar-refractivity contribution in [2.24, 2.45) is 0 Å². The van der Waals surface area contributed by atoms with E-state index in [1.165, 1.54) is 6.92 Å². The maximum Gasteiger partial charge on any atom is 0.328 e. The largest absolute Gasteiger partial charge is 0.464 e. The maximum absolute atomic E-state index is 11.9. The molecule has 0 aromatic heterocycles. The Balaban J connectivity index is 2.60. The first-order chi connectivity index (χ1) is 9.13. The van der Waals surface area contributed by atoms with Crippen molar-refractivity contribution < 1.29 is 14.3 Å². The molecule has 19 heavy (non-hydrogen) atoms. The van der Waals surface area contributed by atoms with E-state index < -0.39 is 6.04 Å². The highest BCUT2D eigenvalue weighted by molar-refractivity contribution is 5.83. The maximum atomic E-state index is 11.9. The molecule has 1 aromatic rings. The van der Waals surface area contributed by atoms with Gasteiger partial charge in [-0.2, -0.15) is 0 Å². The Hall–Kier alpha value is -1.84. The second-order valence-electron chi connectivity index (χ2n) is 4.46. The topological polar surface area (TPSA) is 55.4 Å². The van der Waals surface area contributed by atoms with Gasteiger partial charge < -0.3 is 10.1 Å². The van der Waals surface area contributed by atoms with Crippen LogP contribution in [0.15, 0.2) is 30.3 Å². The third-order valence-corrected chi connectivity index (χ3v) is 2.69. The van der Waals surface area contributed by atoms with Gasteiger partial charge in [0.1, 0.15) is 6.04 Å². The van der Waals surface area contributed by atoms with Crippen molar-refractivity contribution in [3.63, 3.8) is 0 Å². The van der Waals surface area contributed by atoms with E-state index in [1.807, 2.05) is 37.3 Å². The number of amides is 1. The third kappa shape index (κ3) is 6.04. The fourth-order valence-electron chi connectivity index (χ4n) is 1.71. The normalized spacial score (nSPS) is 11.7. The first-order valence-electron chi connectivity index (χ1n) is 6.61. The lowest BCUT2D eigenvalue weighted by Crippen LogP contribution is -2.42. The van der Waals surface area contributed by atoms with E-state index in [2.05, 4.69) is 5.32 Å². The van der Waals surface area contributed by atoms with Gasteiger partial charge in [-0.15, -0.1) is 0 Å². The number of hydrogen-bond acceptors (Lipinski definition) is 3. The summed E-state index contributed by atoms with van der Waals surface area (Å²) in [6.45, 7) is 3.83. The summed E-state index contributed by atoms with van der Waals surface area (Å²) in [6, 6.07) is 8.96. The third-order valence-electron chi connectivity index (χ3n) is 2.69. The second-order valence-corrected chi connectivity index (χ2v) is 4.46. The number of carbonyl (C=O) groups excluding carboxylic acids is 2. The Morgan fingerprint density at radius 1 is 1.26 bits per heavy atom. The highest BCUT2D eigenvalue weighted by atomic mass is 16.5. The minimum atomic E-state index is -0.614. The van der Waals surface area contributed by atoms with Gasteiger partial charge in [0.2, 0.25) is 5.91 Å². The Morgan fingerprint density at radius 2 is 1.95 bits per heavy atom. The molecular weight excluding hydrogens is 242 g/mol. The second kappa shape index (κ2) is 8.29. The minimum absolute atomic E-state index is 0.228. The van der Waals surface area contributed by atoms with Crippen molar-refractivity contribution in [1.82, 2.24) is 5.32 Å². The quantitative estimate of drug-likeness (QED) is 0.605. The van der Waals surface area contributed by atoms with Gasteiger partial charge in [-0.1, -0.05) is 43.7 Å². The number of unbranched alkanes of at least 4 members (excludes halogenated alkanes) is 1. The molecule has 4 heteroatoms. The summed E-state index contributed by atoms with van der Waals surface area (Å²) in [5, 5.41) is 2.64. The van der Waals surface area contributed by atoms with Crippen LogP contribution in [-0.4, -0.2) is 24.5 Å². The Morgan fingerprint density at radius 3 is 2.53 bits per heavy atom. The van der Waals surface area contributed by atoms with Crippen molar-refractivity contribution >= 4 is 11.9 Å². The van der Waals surface area contributed by atoms with Crippen LogP contribution in [0.4, 0.5) is 0 Å². The first-order valence-corrected chi connectivity index (χ1v) is 6.61. The molecule has 104 valence electrons. The van der Waals surface area contributed by atoms with E-state index in [-0.39, 0.29) is 11.9 Å². The zero-order valence-corrected chi connectivity index (χ0v) is 11.5.